The van der Waals surface area contributed by atoms with Crippen LogP contribution >= 0.6 is 0 Å². The third-order valence-corrected chi connectivity index (χ3v) is 5.10. The molecule has 0 amide bonds. The van der Waals surface area contributed by atoms with E-state index in [1.54, 1.807) is 0 Å². The average molecular weight is 215 g/mol. The van der Waals surface area contributed by atoms with Gasteiger partial charge in [-0.2, -0.15) is 0 Å². The van der Waals surface area contributed by atoms with Crippen molar-refractivity contribution >= 4 is 0 Å². The molecule has 16 heavy (non-hydrogen) atoms. The van der Waals surface area contributed by atoms with E-state index in [1.807, 2.05) is 0 Å². The van der Waals surface area contributed by atoms with E-state index in [0.29, 0.717) is 11.5 Å². The molecule has 4 atom stereocenters. The first-order chi connectivity index (χ1) is 7.70. The van der Waals surface area contributed by atoms with E-state index in [-0.39, 0.29) is 0 Å². The normalized spacial score (nSPS) is 41.5. The number of benzene rings is 1. The zero-order valence-electron chi connectivity index (χ0n) is 10.0. The summed E-state index contributed by atoms with van der Waals surface area (Å²) in [4.78, 5) is 0. The van der Waals surface area contributed by atoms with Gasteiger partial charge in [-0.15, -0.1) is 0 Å². The van der Waals surface area contributed by atoms with Crippen LogP contribution in [0.15, 0.2) is 30.3 Å². The molecule has 2 bridgehead atoms. The summed E-state index contributed by atoms with van der Waals surface area (Å²) < 4.78 is 0. The highest BCUT2D eigenvalue weighted by atomic mass is 14.8. The Morgan fingerprint density at radius 1 is 1.25 bits per heavy atom. The Kier molecular flexibility index (Phi) is 2.32. The van der Waals surface area contributed by atoms with Crippen LogP contribution in [0.25, 0.3) is 0 Å². The van der Waals surface area contributed by atoms with Gasteiger partial charge < -0.3 is 5.73 Å². The van der Waals surface area contributed by atoms with Crippen molar-refractivity contribution in [1.29, 1.82) is 0 Å². The quantitative estimate of drug-likeness (QED) is 0.806. The summed E-state index contributed by atoms with van der Waals surface area (Å²) in [5.74, 6) is 1.67. The zero-order chi connectivity index (χ0) is 11.2. The van der Waals surface area contributed by atoms with Crippen LogP contribution in [0.2, 0.25) is 0 Å². The largest absolute Gasteiger partial charge is 0.327 e. The maximum absolute atomic E-state index is 6.45. The molecule has 2 saturated carbocycles. The van der Waals surface area contributed by atoms with Crippen LogP contribution in [0.3, 0.4) is 0 Å². The monoisotopic (exact) mass is 215 g/mol. The summed E-state index contributed by atoms with van der Waals surface area (Å²) in [6, 6.07) is 11.3. The number of rotatable bonds is 2. The third-order valence-electron chi connectivity index (χ3n) is 5.10. The molecule has 2 aliphatic rings. The predicted molar refractivity (Wildman–Crippen MR) is 67.1 cm³/mol. The molecule has 2 fully saturated rings. The summed E-state index contributed by atoms with van der Waals surface area (Å²) in [5, 5.41) is 0. The third kappa shape index (κ3) is 1.41. The van der Waals surface area contributed by atoms with E-state index in [2.05, 4.69) is 37.3 Å². The molecule has 0 aromatic heterocycles. The molecular weight excluding hydrogens is 194 g/mol. The van der Waals surface area contributed by atoms with Gasteiger partial charge in [-0.25, -0.2) is 0 Å². The van der Waals surface area contributed by atoms with Gasteiger partial charge in [0.2, 0.25) is 0 Å². The second-order valence-electron chi connectivity index (χ2n) is 5.96. The van der Waals surface area contributed by atoms with Crippen LogP contribution in [0, 0.1) is 17.3 Å². The fraction of sp³-hybridized carbons (Fsp3) is 0.600. The van der Waals surface area contributed by atoms with Gasteiger partial charge in [-0.3, -0.25) is 0 Å². The van der Waals surface area contributed by atoms with Crippen molar-refractivity contribution in [3.8, 4) is 0 Å². The van der Waals surface area contributed by atoms with Gasteiger partial charge in [-0.05, 0) is 48.5 Å². The molecule has 1 heteroatoms. The van der Waals surface area contributed by atoms with Crippen LogP contribution in [0.1, 0.15) is 31.7 Å². The van der Waals surface area contributed by atoms with Crippen molar-refractivity contribution < 1.29 is 0 Å². The van der Waals surface area contributed by atoms with Gasteiger partial charge in [0.05, 0.1) is 0 Å². The van der Waals surface area contributed by atoms with Crippen LogP contribution in [-0.4, -0.2) is 6.04 Å². The molecule has 3 rings (SSSR count). The number of nitrogens with two attached hydrogens (primary N) is 1. The minimum Gasteiger partial charge on any atom is -0.327 e. The lowest BCUT2D eigenvalue weighted by atomic mass is 9.68. The maximum atomic E-state index is 6.45. The molecule has 2 aliphatic carbocycles. The molecule has 1 aromatic rings. The molecule has 0 saturated heterocycles. The molecule has 0 radical (unpaired) electrons. The van der Waals surface area contributed by atoms with Gasteiger partial charge in [-0.1, -0.05) is 37.3 Å². The fourth-order valence-electron chi connectivity index (χ4n) is 4.05. The first-order valence-corrected chi connectivity index (χ1v) is 6.49. The summed E-state index contributed by atoms with van der Waals surface area (Å²) in [7, 11) is 0. The second kappa shape index (κ2) is 3.59. The number of fused-ring (bicyclic) bond motifs is 2. The van der Waals surface area contributed by atoms with E-state index in [4.69, 9.17) is 5.73 Å². The number of hydrogen-bond acceptors (Lipinski definition) is 1. The Labute approximate surface area is 98.0 Å². The van der Waals surface area contributed by atoms with Crippen molar-refractivity contribution in [2.45, 2.75) is 38.6 Å². The van der Waals surface area contributed by atoms with Gasteiger partial charge in [0, 0.05) is 6.04 Å². The van der Waals surface area contributed by atoms with Crippen molar-refractivity contribution in [2.24, 2.45) is 23.0 Å². The second-order valence-corrected chi connectivity index (χ2v) is 5.96. The van der Waals surface area contributed by atoms with Crippen LogP contribution in [-0.2, 0) is 6.42 Å². The predicted octanol–water partition coefficient (Wildman–Crippen LogP) is 2.99. The van der Waals surface area contributed by atoms with E-state index in [0.717, 1.165) is 18.3 Å². The summed E-state index contributed by atoms with van der Waals surface area (Å²) in [5.41, 5.74) is 8.25. The molecule has 0 aliphatic heterocycles. The maximum Gasteiger partial charge on any atom is 0.0127 e. The SMILES string of the molecule is C[C@]1(Cc2ccccc2)[C@H]2CC[C@H](C2)[C@H]1N. The summed E-state index contributed by atoms with van der Waals surface area (Å²) >= 11 is 0. The lowest BCUT2D eigenvalue weighted by molar-refractivity contribution is 0.155. The Balaban J connectivity index is 1.84. The smallest absolute Gasteiger partial charge is 0.0127 e. The molecule has 0 spiro atoms. The Hall–Kier alpha value is -0.820. The minimum atomic E-state index is 0.351. The van der Waals surface area contributed by atoms with Crippen LogP contribution in [0.4, 0.5) is 0 Å². The van der Waals surface area contributed by atoms with Gasteiger partial charge >= 0.3 is 0 Å². The molecule has 1 nitrogen and oxygen atoms in total. The first kappa shape index (κ1) is 10.3. The lowest BCUT2D eigenvalue weighted by Gasteiger charge is -2.39. The molecule has 86 valence electrons. The number of hydrogen-bond donors (Lipinski definition) is 1. The Bertz CT molecular complexity index is 368. The van der Waals surface area contributed by atoms with Crippen LogP contribution in [0.5, 0.6) is 0 Å². The average Bonchev–Trinajstić information content (AvgIpc) is 2.85. The van der Waals surface area contributed by atoms with Gasteiger partial charge in [0.1, 0.15) is 0 Å². The van der Waals surface area contributed by atoms with Gasteiger partial charge in [0.15, 0.2) is 0 Å². The van der Waals surface area contributed by atoms with Crippen molar-refractivity contribution in [3.63, 3.8) is 0 Å². The highest BCUT2D eigenvalue weighted by Crippen LogP contribution is 2.56. The molecular formula is C15H21N. The van der Waals surface area contributed by atoms with E-state index in [9.17, 15) is 0 Å². The first-order valence-electron chi connectivity index (χ1n) is 6.49. The van der Waals surface area contributed by atoms with E-state index < -0.39 is 0 Å². The molecule has 0 unspecified atom stereocenters. The minimum absolute atomic E-state index is 0.351. The highest BCUT2D eigenvalue weighted by molar-refractivity contribution is 5.20. The standard InChI is InChI=1S/C15H21N/c1-15(10-11-5-3-2-4-6-11)13-8-7-12(9-13)14(15)16/h2-6,12-14H,7-10,16H2,1H3/t12-,13+,14-,15+/m1/s1. The van der Waals surface area contributed by atoms with Crippen molar-refractivity contribution in [3.05, 3.63) is 35.9 Å². The summed E-state index contributed by atoms with van der Waals surface area (Å²) in [6.45, 7) is 2.41. The molecule has 2 N–H and O–H groups in total. The van der Waals surface area contributed by atoms with E-state index >= 15 is 0 Å². The topological polar surface area (TPSA) is 26.0 Å². The van der Waals surface area contributed by atoms with Gasteiger partial charge in [0.25, 0.3) is 0 Å². The Morgan fingerprint density at radius 3 is 2.62 bits per heavy atom. The zero-order valence-corrected chi connectivity index (χ0v) is 10.0. The van der Waals surface area contributed by atoms with Crippen LogP contribution < -0.4 is 5.73 Å². The molecule has 1 aromatic carbocycles. The van der Waals surface area contributed by atoms with Crippen molar-refractivity contribution in [1.82, 2.24) is 0 Å². The highest BCUT2D eigenvalue weighted by Gasteiger charge is 2.53. The fourth-order valence-corrected chi connectivity index (χ4v) is 4.05. The molecule has 0 heterocycles. The Morgan fingerprint density at radius 2 is 2.00 bits per heavy atom. The van der Waals surface area contributed by atoms with Crippen molar-refractivity contribution in [2.75, 3.05) is 0 Å². The lowest BCUT2D eigenvalue weighted by Crippen LogP contribution is -2.45. The summed E-state index contributed by atoms with van der Waals surface area (Å²) in [6.07, 6.45) is 5.32. The van der Waals surface area contributed by atoms with E-state index in [1.165, 1.54) is 24.8 Å².